The molecule has 0 radical (unpaired) electrons. The number of Topliss-reactive ketones (excluding diaryl/α,β-unsaturated/α-hetero) is 1. The second-order valence-corrected chi connectivity index (χ2v) is 7.91. The molecule has 0 aromatic heterocycles. The van der Waals surface area contributed by atoms with Crippen molar-refractivity contribution >= 4 is 5.78 Å². The largest absolute Gasteiger partial charge is 0.369 e. The monoisotopic (exact) mass is 281 g/mol. The zero-order valence-corrected chi connectivity index (χ0v) is 14.1. The molecule has 0 bridgehead atoms. The van der Waals surface area contributed by atoms with Gasteiger partial charge in [0.15, 0.2) is 5.78 Å². The standard InChI is InChI=1S/C17H31NO2/c1-7-17(6,18-10-8-9-11-18)14(19)13-12-15(2,3)20-16(13,4)5/h13H,7-12H2,1-6H3. The van der Waals surface area contributed by atoms with Crippen molar-refractivity contribution in [2.24, 2.45) is 5.92 Å². The fourth-order valence-corrected chi connectivity index (χ4v) is 4.11. The van der Waals surface area contributed by atoms with E-state index in [9.17, 15) is 4.79 Å². The summed E-state index contributed by atoms with van der Waals surface area (Å²) in [6.07, 6.45) is 4.17. The molecule has 0 aromatic carbocycles. The van der Waals surface area contributed by atoms with Crippen LogP contribution in [0.5, 0.6) is 0 Å². The number of rotatable bonds is 4. The van der Waals surface area contributed by atoms with Crippen molar-refractivity contribution in [1.29, 1.82) is 0 Å². The minimum atomic E-state index is -0.350. The summed E-state index contributed by atoms with van der Waals surface area (Å²) in [5.41, 5.74) is -0.859. The van der Waals surface area contributed by atoms with Crippen LogP contribution in [-0.4, -0.2) is 40.5 Å². The van der Waals surface area contributed by atoms with E-state index in [2.05, 4.69) is 46.4 Å². The fourth-order valence-electron chi connectivity index (χ4n) is 4.11. The summed E-state index contributed by atoms with van der Waals surface area (Å²) in [6.45, 7) is 14.8. The van der Waals surface area contributed by atoms with E-state index in [4.69, 9.17) is 4.74 Å². The number of hydrogen-bond acceptors (Lipinski definition) is 3. The summed E-state index contributed by atoms with van der Waals surface area (Å²) in [5, 5.41) is 0. The van der Waals surface area contributed by atoms with Crippen molar-refractivity contribution in [3.8, 4) is 0 Å². The van der Waals surface area contributed by atoms with Crippen LogP contribution in [-0.2, 0) is 9.53 Å². The van der Waals surface area contributed by atoms with Gasteiger partial charge in [0.2, 0.25) is 0 Å². The third kappa shape index (κ3) is 2.67. The van der Waals surface area contributed by atoms with Crippen LogP contribution in [0.15, 0.2) is 0 Å². The lowest BCUT2D eigenvalue weighted by atomic mass is 9.75. The summed E-state index contributed by atoms with van der Waals surface area (Å²) in [7, 11) is 0. The molecular weight excluding hydrogens is 250 g/mol. The molecule has 116 valence electrons. The van der Waals surface area contributed by atoms with Crippen molar-refractivity contribution in [3.05, 3.63) is 0 Å². The molecule has 2 atom stereocenters. The maximum Gasteiger partial charge on any atom is 0.158 e. The quantitative estimate of drug-likeness (QED) is 0.791. The SMILES string of the molecule is CCC(C)(C(=O)C1CC(C)(C)OC1(C)C)N1CCCC1. The van der Waals surface area contributed by atoms with Gasteiger partial charge in [0.1, 0.15) is 0 Å². The Kier molecular flexibility index (Phi) is 4.07. The van der Waals surface area contributed by atoms with Gasteiger partial charge in [0, 0.05) is 0 Å². The molecule has 20 heavy (non-hydrogen) atoms. The third-order valence-corrected chi connectivity index (χ3v) is 5.41. The molecule has 3 nitrogen and oxygen atoms in total. The van der Waals surface area contributed by atoms with Gasteiger partial charge in [-0.1, -0.05) is 6.92 Å². The van der Waals surface area contributed by atoms with Crippen LogP contribution in [0.3, 0.4) is 0 Å². The minimum Gasteiger partial charge on any atom is -0.369 e. The number of nitrogens with zero attached hydrogens (tertiary/aromatic N) is 1. The molecule has 2 fully saturated rings. The Bertz CT molecular complexity index is 382. The predicted octanol–water partition coefficient (Wildman–Crippen LogP) is 3.41. The van der Waals surface area contributed by atoms with Crippen molar-refractivity contribution in [3.63, 3.8) is 0 Å². The van der Waals surface area contributed by atoms with Gasteiger partial charge >= 0.3 is 0 Å². The van der Waals surface area contributed by atoms with E-state index in [1.54, 1.807) is 0 Å². The molecule has 2 heterocycles. The average molecular weight is 281 g/mol. The summed E-state index contributed by atoms with van der Waals surface area (Å²) >= 11 is 0. The topological polar surface area (TPSA) is 29.5 Å². The molecule has 2 saturated heterocycles. The molecular formula is C17H31NO2. The van der Waals surface area contributed by atoms with Crippen LogP contribution in [0.4, 0.5) is 0 Å². The highest BCUT2D eigenvalue weighted by Gasteiger charge is 2.54. The Morgan fingerprint density at radius 1 is 1.25 bits per heavy atom. The molecule has 2 aliphatic rings. The van der Waals surface area contributed by atoms with E-state index < -0.39 is 0 Å². The van der Waals surface area contributed by atoms with Gasteiger partial charge < -0.3 is 4.74 Å². The first-order valence-corrected chi connectivity index (χ1v) is 8.12. The van der Waals surface area contributed by atoms with Crippen LogP contribution in [0.1, 0.15) is 67.2 Å². The number of ether oxygens (including phenoxy) is 1. The molecule has 0 aliphatic carbocycles. The zero-order chi connectivity index (χ0) is 15.2. The highest BCUT2D eigenvalue weighted by molar-refractivity contribution is 5.91. The Hall–Kier alpha value is -0.410. The van der Waals surface area contributed by atoms with Gasteiger partial charge in [0.05, 0.1) is 22.7 Å². The van der Waals surface area contributed by atoms with Crippen LogP contribution in [0.2, 0.25) is 0 Å². The summed E-state index contributed by atoms with van der Waals surface area (Å²) in [4.78, 5) is 15.7. The molecule has 0 saturated carbocycles. The van der Waals surface area contributed by atoms with Crippen molar-refractivity contribution < 1.29 is 9.53 Å². The Morgan fingerprint density at radius 3 is 2.20 bits per heavy atom. The van der Waals surface area contributed by atoms with Gasteiger partial charge in [0.25, 0.3) is 0 Å². The molecule has 0 spiro atoms. The van der Waals surface area contributed by atoms with Crippen molar-refractivity contribution in [2.75, 3.05) is 13.1 Å². The number of likely N-dealkylation sites (tertiary alicyclic amines) is 1. The first-order valence-electron chi connectivity index (χ1n) is 8.12. The highest BCUT2D eigenvalue weighted by Crippen LogP contribution is 2.45. The molecule has 2 aliphatic heterocycles. The number of hydrogen-bond donors (Lipinski definition) is 0. The van der Waals surface area contributed by atoms with Gasteiger partial charge in [-0.3, -0.25) is 9.69 Å². The first-order chi connectivity index (χ1) is 9.12. The Labute approximate surface area is 124 Å². The van der Waals surface area contributed by atoms with Gasteiger partial charge in [-0.15, -0.1) is 0 Å². The zero-order valence-electron chi connectivity index (χ0n) is 14.1. The maximum absolute atomic E-state index is 13.3. The van der Waals surface area contributed by atoms with Gasteiger partial charge in [-0.25, -0.2) is 0 Å². The van der Waals surface area contributed by atoms with E-state index in [0.717, 1.165) is 25.9 Å². The van der Waals surface area contributed by atoms with Gasteiger partial charge in [-0.05, 0) is 73.4 Å². The lowest BCUT2D eigenvalue weighted by molar-refractivity contribution is -0.140. The van der Waals surface area contributed by atoms with Gasteiger partial charge in [-0.2, -0.15) is 0 Å². The second kappa shape index (κ2) is 5.10. The predicted molar refractivity (Wildman–Crippen MR) is 81.9 cm³/mol. The maximum atomic E-state index is 13.3. The first kappa shape index (κ1) is 16.0. The average Bonchev–Trinajstić information content (AvgIpc) is 2.93. The molecule has 0 aromatic rings. The highest BCUT2D eigenvalue weighted by atomic mass is 16.5. The lowest BCUT2D eigenvalue weighted by Gasteiger charge is -2.40. The Morgan fingerprint density at radius 2 is 1.80 bits per heavy atom. The lowest BCUT2D eigenvalue weighted by Crippen LogP contribution is -2.55. The second-order valence-electron chi connectivity index (χ2n) is 7.91. The van der Waals surface area contributed by atoms with Crippen LogP contribution < -0.4 is 0 Å². The fraction of sp³-hybridized carbons (Fsp3) is 0.941. The molecule has 0 amide bonds. The van der Waals surface area contributed by atoms with E-state index >= 15 is 0 Å². The molecule has 3 heteroatoms. The van der Waals surface area contributed by atoms with Crippen LogP contribution in [0.25, 0.3) is 0 Å². The van der Waals surface area contributed by atoms with E-state index in [1.807, 2.05) is 0 Å². The van der Waals surface area contributed by atoms with E-state index in [-0.39, 0.29) is 22.7 Å². The normalized spacial score (nSPS) is 32.2. The van der Waals surface area contributed by atoms with E-state index in [0.29, 0.717) is 5.78 Å². The smallest absolute Gasteiger partial charge is 0.158 e. The number of ketones is 1. The van der Waals surface area contributed by atoms with E-state index in [1.165, 1.54) is 12.8 Å². The van der Waals surface area contributed by atoms with Crippen molar-refractivity contribution in [2.45, 2.75) is 84.0 Å². The Balaban J connectivity index is 2.24. The van der Waals surface area contributed by atoms with Crippen LogP contribution in [0, 0.1) is 5.92 Å². The number of carbonyl (C=O) groups excluding carboxylic acids is 1. The third-order valence-electron chi connectivity index (χ3n) is 5.41. The number of carbonyl (C=O) groups is 1. The molecule has 2 rings (SSSR count). The minimum absolute atomic E-state index is 0.00282. The molecule has 0 N–H and O–H groups in total. The summed E-state index contributed by atoms with van der Waals surface area (Å²) in [6, 6.07) is 0. The summed E-state index contributed by atoms with van der Waals surface area (Å²) < 4.78 is 6.13. The molecule has 2 unspecified atom stereocenters. The van der Waals surface area contributed by atoms with Crippen LogP contribution >= 0.6 is 0 Å². The van der Waals surface area contributed by atoms with Crippen molar-refractivity contribution in [1.82, 2.24) is 4.90 Å². The summed E-state index contributed by atoms with van der Waals surface area (Å²) in [5.74, 6) is 0.389.